The first kappa shape index (κ1) is 33.0. The summed E-state index contributed by atoms with van der Waals surface area (Å²) in [5.41, 5.74) is 0.471. The van der Waals surface area contributed by atoms with Crippen molar-refractivity contribution in [2.24, 2.45) is 5.92 Å². The van der Waals surface area contributed by atoms with Gasteiger partial charge >= 0.3 is 12.1 Å². The smallest absolute Gasteiger partial charge is 0.408 e. The largest absolute Gasteiger partial charge is 0.479 e. The first-order valence-corrected chi connectivity index (χ1v) is 18.2. The first-order chi connectivity index (χ1) is 23.8. The van der Waals surface area contributed by atoms with Gasteiger partial charge in [-0.3, -0.25) is 9.59 Å². The van der Waals surface area contributed by atoms with Crippen LogP contribution in [0.5, 0.6) is 5.88 Å². The zero-order chi connectivity index (χ0) is 34.0. The first-order valence-electron chi connectivity index (χ1n) is 17.3. The Morgan fingerprint density at radius 3 is 2.51 bits per heavy atom. The Morgan fingerprint density at radius 1 is 0.980 bits per heavy atom. The number of carboxylic acid groups (broad SMARTS) is 1. The third-order valence-corrected chi connectivity index (χ3v) is 10.9. The van der Waals surface area contributed by atoms with Gasteiger partial charge in [-0.1, -0.05) is 43.2 Å². The summed E-state index contributed by atoms with van der Waals surface area (Å²) >= 11 is 1.50. The highest BCUT2D eigenvalue weighted by molar-refractivity contribution is 7.13. The van der Waals surface area contributed by atoms with Crippen LogP contribution in [0.2, 0.25) is 0 Å². The number of carbonyl (C=O) groups is 4. The second-order valence-electron chi connectivity index (χ2n) is 13.5. The van der Waals surface area contributed by atoms with Crippen LogP contribution < -0.4 is 15.4 Å². The number of hydrogen-bond donors (Lipinski definition) is 3. The summed E-state index contributed by atoms with van der Waals surface area (Å²) in [6, 6.07) is 9.37. The molecule has 3 aromatic rings. The Hall–Kier alpha value is -4.52. The zero-order valence-corrected chi connectivity index (χ0v) is 28.0. The predicted octanol–water partition coefficient (Wildman–Crippen LogP) is 5.22. The summed E-state index contributed by atoms with van der Waals surface area (Å²) in [4.78, 5) is 65.8. The maximum atomic E-state index is 14.4. The molecule has 2 saturated carbocycles. The number of allylic oxidation sites excluding steroid dienone is 1. The summed E-state index contributed by atoms with van der Waals surface area (Å²) in [5, 5.41) is 17.7. The number of nitrogens with one attached hydrogen (secondary N) is 2. The van der Waals surface area contributed by atoms with Crippen molar-refractivity contribution in [3.8, 4) is 16.5 Å². The number of amides is 3. The Kier molecular flexibility index (Phi) is 9.53. The van der Waals surface area contributed by atoms with Gasteiger partial charge in [0.15, 0.2) is 0 Å². The Morgan fingerprint density at radius 2 is 1.76 bits per heavy atom. The lowest BCUT2D eigenvalue weighted by molar-refractivity contribution is -0.145. The van der Waals surface area contributed by atoms with Crippen molar-refractivity contribution in [2.75, 3.05) is 6.54 Å². The molecule has 5 atom stereocenters. The van der Waals surface area contributed by atoms with Crippen molar-refractivity contribution >= 4 is 46.2 Å². The molecule has 0 bridgehead atoms. The lowest BCUT2D eigenvalue weighted by atomic mass is 10.0. The van der Waals surface area contributed by atoms with E-state index in [0.29, 0.717) is 29.6 Å². The van der Waals surface area contributed by atoms with Crippen molar-refractivity contribution < 1.29 is 33.8 Å². The van der Waals surface area contributed by atoms with E-state index in [1.165, 1.54) is 16.2 Å². The van der Waals surface area contributed by atoms with Gasteiger partial charge in [0.1, 0.15) is 35.5 Å². The van der Waals surface area contributed by atoms with Gasteiger partial charge in [-0.05, 0) is 74.9 Å². The average molecular weight is 688 g/mol. The third-order valence-electron chi connectivity index (χ3n) is 10.1. The molecular formula is C36H41N5O7S. The van der Waals surface area contributed by atoms with Crippen LogP contribution in [0.25, 0.3) is 21.6 Å². The molecule has 4 aliphatic rings. The van der Waals surface area contributed by atoms with E-state index in [0.717, 1.165) is 49.8 Å². The van der Waals surface area contributed by atoms with E-state index in [-0.39, 0.29) is 37.3 Å². The Bertz CT molecular complexity index is 1740. The van der Waals surface area contributed by atoms with E-state index in [9.17, 15) is 24.3 Å². The number of ether oxygens (including phenoxy) is 2. The molecule has 12 nitrogen and oxygen atoms in total. The van der Waals surface area contributed by atoms with Crippen LogP contribution in [0.4, 0.5) is 4.79 Å². The molecule has 4 heterocycles. The quantitative estimate of drug-likeness (QED) is 0.295. The van der Waals surface area contributed by atoms with Crippen LogP contribution in [0.3, 0.4) is 0 Å². The molecule has 3 fully saturated rings. The fraction of sp³-hybridized carbons (Fsp3) is 0.500. The fourth-order valence-corrected chi connectivity index (χ4v) is 7.98. The lowest BCUT2D eigenvalue weighted by Crippen LogP contribution is -2.56. The number of aliphatic carboxylic acids is 1. The van der Waals surface area contributed by atoms with Gasteiger partial charge in [0, 0.05) is 12.3 Å². The highest BCUT2D eigenvalue weighted by Gasteiger charge is 2.61. The van der Waals surface area contributed by atoms with E-state index in [4.69, 9.17) is 19.4 Å². The molecule has 3 amide bonds. The van der Waals surface area contributed by atoms with Crippen LogP contribution in [0.15, 0.2) is 53.9 Å². The Labute approximate surface area is 288 Å². The molecule has 0 radical (unpaired) electrons. The molecule has 2 aliphatic carbocycles. The molecule has 0 spiro atoms. The molecule has 1 saturated heterocycles. The van der Waals surface area contributed by atoms with Gasteiger partial charge in [0.05, 0.1) is 22.5 Å². The molecule has 1 unspecified atom stereocenters. The standard InChI is InChI=1S/C36H41N5O7S/c42-31-28-19-24(47-32-30(29-17-10-18-49-29)37-25-14-8-9-15-26(25)38-32)21-41(28)33(43)27(39-35(46)48-23-12-6-7-13-23)16-5-3-1-2-4-11-22-20-36(22,40-31)34(44)45/h4,8-11,14-15,17-18,22-24,27-28H,1-3,5-7,12-13,16,19-21H2,(H,39,46)(H,40,42)(H,44,45)/t22?,24-,27+,28+,36+/m1/s1. The van der Waals surface area contributed by atoms with Crippen molar-refractivity contribution in [1.29, 1.82) is 0 Å². The average Bonchev–Trinajstić information content (AvgIpc) is 3.58. The van der Waals surface area contributed by atoms with E-state index < -0.39 is 47.6 Å². The van der Waals surface area contributed by atoms with Gasteiger partial charge in [0.25, 0.3) is 0 Å². The Balaban J connectivity index is 1.19. The van der Waals surface area contributed by atoms with Crippen molar-refractivity contribution in [1.82, 2.24) is 25.5 Å². The van der Waals surface area contributed by atoms with Gasteiger partial charge in [-0.2, -0.15) is 0 Å². The molecule has 7 rings (SSSR count). The number of thiophene rings is 1. The number of nitrogens with zero attached hydrogens (tertiary/aromatic N) is 3. The molecule has 258 valence electrons. The highest BCUT2D eigenvalue weighted by atomic mass is 32.1. The van der Waals surface area contributed by atoms with Crippen LogP contribution in [-0.2, 0) is 19.1 Å². The topological polar surface area (TPSA) is 160 Å². The second kappa shape index (κ2) is 14.1. The molecule has 3 N–H and O–H groups in total. The van der Waals surface area contributed by atoms with Crippen LogP contribution >= 0.6 is 11.3 Å². The maximum absolute atomic E-state index is 14.4. The number of aromatic nitrogens is 2. The van der Waals surface area contributed by atoms with Gasteiger partial charge < -0.3 is 30.1 Å². The fourth-order valence-electron chi connectivity index (χ4n) is 7.28. The van der Waals surface area contributed by atoms with E-state index in [1.807, 2.05) is 53.9 Å². The predicted molar refractivity (Wildman–Crippen MR) is 182 cm³/mol. The summed E-state index contributed by atoms with van der Waals surface area (Å²) in [5.74, 6) is -2.15. The summed E-state index contributed by atoms with van der Waals surface area (Å²) in [7, 11) is 0. The van der Waals surface area contributed by atoms with E-state index in [2.05, 4.69) is 10.6 Å². The monoisotopic (exact) mass is 687 g/mol. The number of para-hydroxylation sites is 2. The van der Waals surface area contributed by atoms with E-state index in [1.54, 1.807) is 0 Å². The minimum Gasteiger partial charge on any atom is -0.479 e. The number of carbonyl (C=O) groups excluding carboxylic acids is 3. The molecular weight excluding hydrogens is 646 g/mol. The summed E-state index contributed by atoms with van der Waals surface area (Å²) in [6.45, 7) is 0.0363. The van der Waals surface area contributed by atoms with Crippen molar-refractivity contribution in [3.63, 3.8) is 0 Å². The molecule has 1 aromatic carbocycles. The van der Waals surface area contributed by atoms with Crippen molar-refractivity contribution in [3.05, 3.63) is 53.9 Å². The number of hydrogen-bond acceptors (Lipinski definition) is 9. The molecule has 2 aromatic heterocycles. The minimum atomic E-state index is -1.43. The normalized spacial score (nSPS) is 27.8. The van der Waals surface area contributed by atoms with Gasteiger partial charge in [-0.15, -0.1) is 11.3 Å². The van der Waals surface area contributed by atoms with Crippen LogP contribution in [0, 0.1) is 5.92 Å². The van der Waals surface area contributed by atoms with Gasteiger partial charge in [0.2, 0.25) is 17.7 Å². The number of alkyl carbamates (subject to hydrolysis) is 1. The minimum absolute atomic E-state index is 0.0363. The van der Waals surface area contributed by atoms with Crippen molar-refractivity contribution in [2.45, 2.75) is 100 Å². The number of fused-ring (bicyclic) bond motifs is 3. The third kappa shape index (κ3) is 7.12. The molecule has 13 heteroatoms. The highest BCUT2D eigenvalue weighted by Crippen LogP contribution is 2.45. The summed E-state index contributed by atoms with van der Waals surface area (Å²) < 4.78 is 12.2. The summed E-state index contributed by atoms with van der Waals surface area (Å²) in [6.07, 6.45) is 9.83. The van der Waals surface area contributed by atoms with Gasteiger partial charge in [-0.25, -0.2) is 19.6 Å². The maximum Gasteiger partial charge on any atom is 0.408 e. The zero-order valence-electron chi connectivity index (χ0n) is 27.2. The van der Waals surface area contributed by atoms with E-state index >= 15 is 0 Å². The number of rotatable bonds is 6. The second-order valence-corrected chi connectivity index (χ2v) is 14.4. The van der Waals surface area contributed by atoms with Crippen LogP contribution in [0.1, 0.15) is 70.6 Å². The molecule has 49 heavy (non-hydrogen) atoms. The molecule has 2 aliphatic heterocycles. The number of benzene rings is 1. The van der Waals surface area contributed by atoms with Crippen LogP contribution in [-0.4, -0.2) is 80.2 Å². The lowest BCUT2D eigenvalue weighted by Gasteiger charge is -2.29. The number of carboxylic acids is 1. The SMILES string of the molecule is O=C(N[C@H]1CCCCCC=CC2C[C@]2(C(=O)O)NC(=O)[C@@H]2C[C@@H](Oc3nc4ccccc4nc3-c3cccs3)CN2C1=O)OC1CCCC1.